The summed E-state index contributed by atoms with van der Waals surface area (Å²) in [6, 6.07) is 0. The summed E-state index contributed by atoms with van der Waals surface area (Å²) in [5, 5.41) is 4.44. The maximum atomic E-state index is 2.42. The molecule has 2 heteroatoms. The molecule has 0 aromatic heterocycles. The summed E-state index contributed by atoms with van der Waals surface area (Å²) in [7, 11) is 0.144. The highest BCUT2D eigenvalue weighted by Crippen LogP contribution is 2.40. The smallest absolute Gasteiger partial charge is 0.0201 e. The van der Waals surface area contributed by atoms with Crippen LogP contribution >= 0.6 is 29.3 Å². The van der Waals surface area contributed by atoms with Crippen molar-refractivity contribution in [3.8, 4) is 0 Å². The second-order valence-corrected chi connectivity index (χ2v) is 5.65. The first kappa shape index (κ1) is 4.71. The molecule has 1 aliphatic rings. The Bertz CT molecular complexity index is 83.7. The zero-order valence-corrected chi connectivity index (χ0v) is 6.19. The molecular weight excluding hydrogens is 207 g/mol. The molecule has 0 saturated heterocycles. The predicted octanol–water partition coefficient (Wildman–Crippen LogP) is 2.38. The Balaban J connectivity index is 2.60. The number of allylic oxidation sites excluding steroid dienone is 2. The first-order chi connectivity index (χ1) is 2.89. The molecule has 0 N–H and O–H groups in total. The van der Waals surface area contributed by atoms with Crippen LogP contribution in [0.4, 0.5) is 0 Å². The number of thiol groups is 1. The van der Waals surface area contributed by atoms with E-state index in [1.54, 1.807) is 0 Å². The van der Waals surface area contributed by atoms with Crippen molar-refractivity contribution in [3.63, 3.8) is 0 Å². The van der Waals surface area contributed by atoms with Gasteiger partial charge in [0.25, 0.3) is 0 Å². The van der Waals surface area contributed by atoms with E-state index in [1.807, 2.05) is 0 Å². The van der Waals surface area contributed by atoms with Gasteiger partial charge in [0.2, 0.25) is 0 Å². The van der Waals surface area contributed by atoms with E-state index in [0.29, 0.717) is 0 Å². The molecule has 1 heterocycles. The number of hydrogen-bond donors (Lipinski definition) is 1. The third-order valence-corrected chi connectivity index (χ3v) is 3.41. The minimum atomic E-state index is 0.144. The predicted molar refractivity (Wildman–Crippen MR) is 41.3 cm³/mol. The third-order valence-electron chi connectivity index (χ3n) is 0.568. The molecule has 0 radical (unpaired) electrons. The zero-order valence-electron chi connectivity index (χ0n) is 3.13. The van der Waals surface area contributed by atoms with Gasteiger partial charge >= 0.3 is 0 Å². The van der Waals surface area contributed by atoms with E-state index < -0.39 is 0 Å². The van der Waals surface area contributed by atoms with Gasteiger partial charge in [0, 0.05) is 0 Å². The van der Waals surface area contributed by atoms with Gasteiger partial charge in [-0.3, -0.25) is 0 Å². The molecule has 0 fully saturated rings. The van der Waals surface area contributed by atoms with E-state index in [1.165, 1.54) is 0 Å². The Morgan fingerprint density at radius 3 is 1.83 bits per heavy atom. The summed E-state index contributed by atoms with van der Waals surface area (Å²) in [6.07, 6.45) is 4.19. The molecule has 34 valence electrons. The topological polar surface area (TPSA) is 0 Å². The van der Waals surface area contributed by atoms with Crippen molar-refractivity contribution in [3.05, 3.63) is 23.0 Å². The fourth-order valence-corrected chi connectivity index (χ4v) is 2.05. The van der Waals surface area contributed by atoms with Gasteiger partial charge in [0.1, 0.15) is 0 Å². The second-order valence-electron chi connectivity index (χ2n) is 1.03. The van der Waals surface area contributed by atoms with Crippen LogP contribution in [0.2, 0.25) is 0 Å². The molecule has 0 aromatic rings. The Hall–Kier alpha value is 0.560. The normalized spacial score (nSPS) is 23.2. The largest absolute Gasteiger partial charge is 0.159 e. The molecule has 0 aromatic carbocycles. The van der Waals surface area contributed by atoms with Gasteiger partial charge < -0.3 is 0 Å². The van der Waals surface area contributed by atoms with Crippen LogP contribution in [-0.4, -0.2) is 0 Å². The highest BCUT2D eigenvalue weighted by atomic mass is 127. The summed E-state index contributed by atoms with van der Waals surface area (Å²) >= 11 is 2.42. The van der Waals surface area contributed by atoms with Gasteiger partial charge in [0.15, 0.2) is 0 Å². The van der Waals surface area contributed by atoms with Crippen molar-refractivity contribution in [2.45, 2.75) is 0 Å². The van der Waals surface area contributed by atoms with Crippen LogP contribution in [0.5, 0.6) is 0 Å². The second kappa shape index (κ2) is 2.02. The molecule has 0 bridgehead atoms. The van der Waals surface area contributed by atoms with Crippen LogP contribution in [-0.2, 0) is 0 Å². The van der Waals surface area contributed by atoms with Crippen LogP contribution in [0.1, 0.15) is 0 Å². The fourth-order valence-electron chi connectivity index (χ4n) is 0.314. The van der Waals surface area contributed by atoms with E-state index in [0.717, 1.165) is 0 Å². The third kappa shape index (κ3) is 1.01. The molecule has 0 nitrogen and oxygen atoms in total. The Morgan fingerprint density at radius 1 is 1.17 bits per heavy atom. The summed E-state index contributed by atoms with van der Waals surface area (Å²) in [6.45, 7) is 0. The molecule has 6 heavy (non-hydrogen) atoms. The molecule has 0 aliphatic carbocycles. The zero-order chi connectivity index (χ0) is 4.41. The Kier molecular flexibility index (Phi) is 1.59. The van der Waals surface area contributed by atoms with Crippen molar-refractivity contribution >= 4 is 29.3 Å². The van der Waals surface area contributed by atoms with Gasteiger partial charge in [-0.2, -0.15) is 8.07 Å². The Labute approximate surface area is 52.2 Å². The lowest BCUT2D eigenvalue weighted by atomic mass is 10.6. The average Bonchev–Trinajstić information content (AvgIpc) is 1.86. The number of hydrogen-bond acceptors (Lipinski definition) is 0. The van der Waals surface area contributed by atoms with Crippen LogP contribution in [0.3, 0.4) is 0 Å². The molecular formula is C4H5IS. The minimum absolute atomic E-state index is 0.144. The van der Waals surface area contributed by atoms with Crippen molar-refractivity contribution in [2.24, 2.45) is 0 Å². The summed E-state index contributed by atoms with van der Waals surface area (Å²) in [5.41, 5.74) is 0. The molecule has 0 amide bonds. The first-order valence-corrected chi connectivity index (χ1v) is 5.95. The molecule has 0 unspecified atom stereocenters. The van der Waals surface area contributed by atoms with E-state index in [2.05, 4.69) is 44.2 Å². The molecule has 1 rings (SSSR count). The minimum Gasteiger partial charge on any atom is -0.159 e. The van der Waals surface area contributed by atoms with Gasteiger partial charge in [-0.15, -0.1) is 0 Å². The molecule has 1 aliphatic heterocycles. The molecule has 0 saturated carbocycles. The van der Waals surface area contributed by atoms with Crippen LogP contribution in [0.25, 0.3) is 0 Å². The average molecular weight is 212 g/mol. The number of rotatable bonds is 0. The summed E-state index contributed by atoms with van der Waals surface area (Å²) in [5.74, 6) is 0. The summed E-state index contributed by atoms with van der Waals surface area (Å²) < 4.78 is 0. The van der Waals surface area contributed by atoms with Gasteiger partial charge in [0.05, 0.1) is 0 Å². The SMILES string of the molecule is I[SH]1C=CC=C1. The van der Waals surface area contributed by atoms with Crippen molar-refractivity contribution in [2.75, 3.05) is 0 Å². The van der Waals surface area contributed by atoms with E-state index in [9.17, 15) is 0 Å². The highest BCUT2D eigenvalue weighted by Gasteiger charge is 1.86. The van der Waals surface area contributed by atoms with E-state index in [-0.39, 0.29) is 8.07 Å². The molecule has 0 spiro atoms. The summed E-state index contributed by atoms with van der Waals surface area (Å²) in [4.78, 5) is 0. The van der Waals surface area contributed by atoms with Crippen molar-refractivity contribution in [1.82, 2.24) is 0 Å². The Morgan fingerprint density at radius 2 is 1.67 bits per heavy atom. The standard InChI is InChI=1S/C4H5IS/c5-6-3-1-2-4-6/h1-4,6H. The molecule has 0 atom stereocenters. The number of halogens is 1. The first-order valence-electron chi connectivity index (χ1n) is 1.69. The van der Waals surface area contributed by atoms with E-state index >= 15 is 0 Å². The van der Waals surface area contributed by atoms with Gasteiger partial charge in [-0.1, -0.05) is 12.2 Å². The van der Waals surface area contributed by atoms with Crippen LogP contribution < -0.4 is 0 Å². The van der Waals surface area contributed by atoms with Crippen LogP contribution in [0, 0.1) is 0 Å². The van der Waals surface area contributed by atoms with Gasteiger partial charge in [-0.05, 0) is 32.0 Å². The van der Waals surface area contributed by atoms with Crippen LogP contribution in [0.15, 0.2) is 23.0 Å². The van der Waals surface area contributed by atoms with Crippen molar-refractivity contribution in [1.29, 1.82) is 0 Å². The maximum absolute atomic E-state index is 2.42. The van der Waals surface area contributed by atoms with E-state index in [4.69, 9.17) is 0 Å². The quantitative estimate of drug-likeness (QED) is 0.462. The fraction of sp³-hybridized carbons (Fsp3) is 0. The lowest BCUT2D eigenvalue weighted by Gasteiger charge is -1.89. The lowest BCUT2D eigenvalue weighted by Crippen LogP contribution is -1.34. The van der Waals surface area contributed by atoms with Crippen molar-refractivity contribution < 1.29 is 0 Å². The lowest BCUT2D eigenvalue weighted by molar-refractivity contribution is 2.15. The highest BCUT2D eigenvalue weighted by molar-refractivity contribution is 14.2. The maximum Gasteiger partial charge on any atom is -0.0201 e. The van der Waals surface area contributed by atoms with Gasteiger partial charge in [-0.25, -0.2) is 0 Å². The monoisotopic (exact) mass is 212 g/mol.